The van der Waals surface area contributed by atoms with Gasteiger partial charge in [-0.3, -0.25) is 9.59 Å². The van der Waals surface area contributed by atoms with Crippen molar-refractivity contribution in [2.45, 2.75) is 45.7 Å². The average molecular weight is 452 g/mol. The van der Waals surface area contributed by atoms with Crippen LogP contribution in [-0.4, -0.2) is 52.7 Å². The lowest BCUT2D eigenvalue weighted by atomic mass is 10.0. The Morgan fingerprint density at radius 1 is 1.27 bits per heavy atom. The average Bonchev–Trinajstić information content (AvgIpc) is 3.21. The minimum atomic E-state index is -1.22. The number of pyridine rings is 1. The molecule has 4 rings (SSSR count). The molecule has 0 spiro atoms. The summed E-state index contributed by atoms with van der Waals surface area (Å²) in [5, 5.41) is 14.2. The van der Waals surface area contributed by atoms with Gasteiger partial charge < -0.3 is 24.6 Å². The number of likely N-dealkylation sites (N-methyl/N-ethyl adjacent to an activating group) is 1. The molecule has 174 valence electrons. The zero-order valence-corrected chi connectivity index (χ0v) is 19.2. The number of ether oxygens (including phenoxy) is 1. The zero-order valence-electron chi connectivity index (χ0n) is 19.2. The lowest BCUT2D eigenvalue weighted by Gasteiger charge is -2.32. The van der Waals surface area contributed by atoms with Crippen molar-refractivity contribution in [3.63, 3.8) is 0 Å². The van der Waals surface area contributed by atoms with Crippen LogP contribution in [0, 0.1) is 0 Å². The second-order valence-electron chi connectivity index (χ2n) is 8.63. The number of aromatic carboxylic acids is 1. The maximum absolute atomic E-state index is 12.5. The summed E-state index contributed by atoms with van der Waals surface area (Å²) < 4.78 is 8.05. The van der Waals surface area contributed by atoms with E-state index in [-0.39, 0.29) is 17.5 Å². The molecule has 1 unspecified atom stereocenters. The Morgan fingerprint density at radius 2 is 2.06 bits per heavy atom. The Balaban J connectivity index is 1.92. The van der Waals surface area contributed by atoms with Crippen molar-refractivity contribution < 1.29 is 19.4 Å². The fraction of sp³-hybridized carbons (Fsp3) is 0.400. The van der Waals surface area contributed by atoms with Crippen LogP contribution in [0.15, 0.2) is 35.3 Å². The van der Waals surface area contributed by atoms with Crippen molar-refractivity contribution in [1.29, 1.82) is 0 Å². The zero-order chi connectivity index (χ0) is 23.7. The number of carboxylic acids is 1. The third-order valence-corrected chi connectivity index (χ3v) is 6.42. The number of rotatable bonds is 5. The van der Waals surface area contributed by atoms with Crippen LogP contribution in [0.25, 0.3) is 11.3 Å². The van der Waals surface area contributed by atoms with Crippen LogP contribution in [0.2, 0.25) is 0 Å². The van der Waals surface area contributed by atoms with E-state index in [1.54, 1.807) is 0 Å². The standard InChI is InChI=1S/C25H29N3O5/c1-4-15(2)23-17(6-5-7-21(23)33-14-16-8-9-22(30)26-16)24-19-12-20(29)18(25(31)32)13-28(19)11-10-27(24)3/h5-7,12-13,16H,4,8-11,14H2,1-3H3,(H,26,30)(H,31,32)/b23-15?,24-17-. The van der Waals surface area contributed by atoms with Crippen LogP contribution in [-0.2, 0) is 11.3 Å². The van der Waals surface area contributed by atoms with Crippen LogP contribution in [0.1, 0.15) is 49.2 Å². The highest BCUT2D eigenvalue weighted by Crippen LogP contribution is 2.20. The van der Waals surface area contributed by atoms with Crippen molar-refractivity contribution >= 4 is 23.1 Å². The van der Waals surface area contributed by atoms with Crippen LogP contribution in [0.3, 0.4) is 0 Å². The van der Waals surface area contributed by atoms with E-state index in [1.807, 2.05) is 29.8 Å². The van der Waals surface area contributed by atoms with E-state index in [0.717, 1.165) is 40.3 Å². The van der Waals surface area contributed by atoms with Crippen LogP contribution in [0.5, 0.6) is 5.75 Å². The predicted molar refractivity (Wildman–Crippen MR) is 125 cm³/mol. The molecule has 1 saturated heterocycles. The number of fused-ring (bicyclic) bond motifs is 1. The molecule has 33 heavy (non-hydrogen) atoms. The van der Waals surface area contributed by atoms with Gasteiger partial charge in [0.05, 0.1) is 17.4 Å². The van der Waals surface area contributed by atoms with Gasteiger partial charge in [0, 0.05) is 49.3 Å². The number of carbonyl (C=O) groups is 2. The number of benzene rings is 1. The Labute approximate surface area is 191 Å². The van der Waals surface area contributed by atoms with Gasteiger partial charge in [0.15, 0.2) is 5.43 Å². The summed E-state index contributed by atoms with van der Waals surface area (Å²) in [5.74, 6) is -0.437. The van der Waals surface area contributed by atoms with Crippen molar-refractivity contribution in [3.8, 4) is 5.75 Å². The van der Waals surface area contributed by atoms with Gasteiger partial charge in [-0.15, -0.1) is 0 Å². The highest BCUT2D eigenvalue weighted by atomic mass is 16.5. The summed E-state index contributed by atoms with van der Waals surface area (Å²) in [5.41, 5.74) is 1.94. The van der Waals surface area contributed by atoms with E-state index in [0.29, 0.717) is 31.8 Å². The van der Waals surface area contributed by atoms with Gasteiger partial charge >= 0.3 is 5.97 Å². The number of hydrogen-bond donors (Lipinski definition) is 2. The van der Waals surface area contributed by atoms with Gasteiger partial charge in [-0.05, 0) is 25.8 Å². The third-order valence-electron chi connectivity index (χ3n) is 6.42. The largest absolute Gasteiger partial charge is 0.491 e. The molecule has 0 radical (unpaired) electrons. The number of hydrogen-bond acceptors (Lipinski definition) is 5. The van der Waals surface area contributed by atoms with Gasteiger partial charge in [-0.2, -0.15) is 0 Å². The van der Waals surface area contributed by atoms with Gasteiger partial charge in [-0.1, -0.05) is 24.6 Å². The molecule has 2 aliphatic heterocycles. The molecule has 0 saturated carbocycles. The van der Waals surface area contributed by atoms with Gasteiger partial charge in [0.25, 0.3) is 0 Å². The number of nitrogens with zero attached hydrogens (tertiary/aromatic N) is 2. The molecule has 0 aliphatic carbocycles. The number of aromatic nitrogens is 1. The molecule has 1 aromatic carbocycles. The van der Waals surface area contributed by atoms with Crippen molar-refractivity contribution in [2.24, 2.45) is 0 Å². The Bertz CT molecular complexity index is 1290. The van der Waals surface area contributed by atoms with E-state index in [1.165, 1.54) is 12.3 Å². The van der Waals surface area contributed by atoms with Crippen LogP contribution >= 0.6 is 0 Å². The molecule has 2 aromatic rings. The Kier molecular flexibility index (Phi) is 6.26. The molecule has 1 fully saturated rings. The van der Waals surface area contributed by atoms with Crippen molar-refractivity contribution in [3.05, 3.63) is 62.4 Å². The molecule has 8 heteroatoms. The van der Waals surface area contributed by atoms with E-state index in [9.17, 15) is 19.5 Å². The van der Waals surface area contributed by atoms with Crippen molar-refractivity contribution in [2.75, 3.05) is 20.2 Å². The molecule has 2 aliphatic rings. The minimum absolute atomic E-state index is 0.00492. The Morgan fingerprint density at radius 3 is 2.73 bits per heavy atom. The summed E-state index contributed by atoms with van der Waals surface area (Å²) in [6.45, 7) is 5.79. The lowest BCUT2D eigenvalue weighted by molar-refractivity contribution is -0.119. The first kappa shape index (κ1) is 22.6. The summed E-state index contributed by atoms with van der Waals surface area (Å²) in [6, 6.07) is 7.28. The quantitative estimate of drug-likeness (QED) is 0.700. The number of carbonyl (C=O) groups excluding carboxylic acids is 1. The fourth-order valence-corrected chi connectivity index (χ4v) is 4.49. The predicted octanol–water partition coefficient (Wildman–Crippen LogP) is 0.886. The van der Waals surface area contributed by atoms with Gasteiger partial charge in [-0.25, -0.2) is 4.79 Å². The van der Waals surface area contributed by atoms with Gasteiger partial charge in [0.1, 0.15) is 17.9 Å². The molecular formula is C25H29N3O5. The van der Waals surface area contributed by atoms with E-state index >= 15 is 0 Å². The first-order valence-electron chi connectivity index (χ1n) is 11.2. The highest BCUT2D eigenvalue weighted by Gasteiger charge is 2.24. The molecule has 1 aromatic heterocycles. The fourth-order valence-electron chi connectivity index (χ4n) is 4.49. The Hall–Kier alpha value is -3.55. The van der Waals surface area contributed by atoms with E-state index < -0.39 is 11.4 Å². The first-order valence-corrected chi connectivity index (χ1v) is 11.2. The molecule has 3 heterocycles. The maximum Gasteiger partial charge on any atom is 0.341 e. The SMILES string of the molecule is CCC(C)=c1c(OCC2CCC(=O)N2)ccc/c1=C1\c2cc(=O)c(C(=O)O)cn2CCN1C. The molecular weight excluding hydrogens is 422 g/mol. The maximum atomic E-state index is 12.5. The molecule has 0 bridgehead atoms. The minimum Gasteiger partial charge on any atom is -0.491 e. The summed E-state index contributed by atoms with van der Waals surface area (Å²) in [4.78, 5) is 37.7. The number of carboxylic acid groups (broad SMARTS) is 1. The summed E-state index contributed by atoms with van der Waals surface area (Å²) >= 11 is 0. The van der Waals surface area contributed by atoms with Crippen LogP contribution in [0.4, 0.5) is 0 Å². The molecule has 8 nitrogen and oxygen atoms in total. The van der Waals surface area contributed by atoms with Gasteiger partial charge in [0.2, 0.25) is 5.91 Å². The number of nitrogens with one attached hydrogen (secondary N) is 1. The topological polar surface area (TPSA) is 101 Å². The molecule has 1 atom stereocenters. The first-order chi connectivity index (χ1) is 15.8. The summed E-state index contributed by atoms with van der Waals surface area (Å²) in [6.07, 6.45) is 3.53. The molecule has 1 amide bonds. The smallest absolute Gasteiger partial charge is 0.341 e. The van der Waals surface area contributed by atoms with Crippen molar-refractivity contribution in [1.82, 2.24) is 14.8 Å². The monoisotopic (exact) mass is 451 g/mol. The van der Waals surface area contributed by atoms with E-state index in [4.69, 9.17) is 4.74 Å². The normalized spacial score (nSPS) is 20.3. The number of amides is 1. The van der Waals surface area contributed by atoms with E-state index in [2.05, 4.69) is 24.1 Å². The molecule has 2 N–H and O–H groups in total. The summed E-state index contributed by atoms with van der Waals surface area (Å²) in [7, 11) is 1.97. The van der Waals surface area contributed by atoms with Crippen LogP contribution < -0.4 is 25.9 Å². The third kappa shape index (κ3) is 4.37. The second-order valence-corrected chi connectivity index (χ2v) is 8.63. The second kappa shape index (κ2) is 9.13. The highest BCUT2D eigenvalue weighted by molar-refractivity contribution is 5.87. The lowest BCUT2D eigenvalue weighted by Crippen LogP contribution is -2.41.